The third-order valence-corrected chi connectivity index (χ3v) is 6.94. The molecule has 3 heterocycles. The van der Waals surface area contributed by atoms with Gasteiger partial charge in [0.1, 0.15) is 23.6 Å². The lowest BCUT2D eigenvalue weighted by Gasteiger charge is -2.40. The van der Waals surface area contributed by atoms with Crippen molar-refractivity contribution in [3.05, 3.63) is 77.4 Å². The highest BCUT2D eigenvalue weighted by molar-refractivity contribution is 5.75. The number of rotatable bonds is 4. The third kappa shape index (κ3) is 5.07. The van der Waals surface area contributed by atoms with E-state index in [1.165, 1.54) is 29.5 Å². The number of oxazole rings is 1. The van der Waals surface area contributed by atoms with Crippen molar-refractivity contribution in [2.75, 3.05) is 39.4 Å². The maximum atomic E-state index is 14.3. The zero-order chi connectivity index (χ0) is 24.4. The zero-order valence-corrected chi connectivity index (χ0v) is 19.8. The van der Waals surface area contributed by atoms with Gasteiger partial charge >= 0.3 is 6.03 Å². The van der Waals surface area contributed by atoms with Crippen molar-refractivity contribution < 1.29 is 22.7 Å². The average molecular weight is 482 g/mol. The Kier molecular flexibility index (Phi) is 6.81. The lowest BCUT2D eigenvalue weighted by Crippen LogP contribution is -2.52. The first-order valence-electron chi connectivity index (χ1n) is 12.1. The Labute approximate surface area is 203 Å². The Morgan fingerprint density at radius 1 is 1.03 bits per heavy atom. The van der Waals surface area contributed by atoms with Crippen LogP contribution in [0.25, 0.3) is 11.3 Å². The number of hydrogen-bond acceptors (Lipinski definition) is 4. The van der Waals surface area contributed by atoms with Crippen LogP contribution in [0.2, 0.25) is 0 Å². The summed E-state index contributed by atoms with van der Waals surface area (Å²) in [5.74, 6) is -0.911. The number of benzene rings is 2. The van der Waals surface area contributed by atoms with Crippen LogP contribution in [-0.4, -0.2) is 60.2 Å². The molecule has 3 aromatic rings. The molecule has 0 radical (unpaired) electrons. The summed E-state index contributed by atoms with van der Waals surface area (Å²) in [4.78, 5) is 21.6. The SMILES string of the molecule is CCc1ccc(C2CC(c3nc(-c4ccc(F)cc4F)co3)CN(C(=O)N3CCOCC3)C2)cc1. The number of nitrogens with zero attached hydrogens (tertiary/aromatic N) is 3. The maximum Gasteiger partial charge on any atom is 0.320 e. The first-order valence-corrected chi connectivity index (χ1v) is 12.1. The molecule has 0 aliphatic carbocycles. The smallest absolute Gasteiger partial charge is 0.320 e. The topological polar surface area (TPSA) is 58.8 Å². The molecule has 2 unspecified atom stereocenters. The van der Waals surface area contributed by atoms with Gasteiger partial charge in [-0.05, 0) is 36.1 Å². The molecule has 1 aromatic heterocycles. The Bertz CT molecular complexity index is 1170. The van der Waals surface area contributed by atoms with Crippen LogP contribution in [0.1, 0.15) is 42.2 Å². The van der Waals surface area contributed by atoms with Crippen LogP contribution in [0.15, 0.2) is 53.1 Å². The molecule has 5 rings (SSSR count). The van der Waals surface area contributed by atoms with Crippen molar-refractivity contribution in [3.63, 3.8) is 0 Å². The Balaban J connectivity index is 1.42. The van der Waals surface area contributed by atoms with Gasteiger partial charge in [0.15, 0.2) is 5.89 Å². The lowest BCUT2D eigenvalue weighted by atomic mass is 9.84. The molecule has 0 N–H and O–H groups in total. The zero-order valence-electron chi connectivity index (χ0n) is 19.8. The summed E-state index contributed by atoms with van der Waals surface area (Å²) in [6.07, 6.45) is 3.12. The predicted molar refractivity (Wildman–Crippen MR) is 127 cm³/mol. The van der Waals surface area contributed by atoms with Crippen LogP contribution in [0, 0.1) is 11.6 Å². The Morgan fingerprint density at radius 3 is 2.49 bits per heavy atom. The van der Waals surface area contributed by atoms with Crippen molar-refractivity contribution >= 4 is 6.03 Å². The fraction of sp³-hybridized carbons (Fsp3) is 0.407. The molecule has 2 saturated heterocycles. The summed E-state index contributed by atoms with van der Waals surface area (Å²) >= 11 is 0. The van der Waals surface area contributed by atoms with Crippen LogP contribution in [0.4, 0.5) is 13.6 Å². The predicted octanol–water partition coefficient (Wildman–Crippen LogP) is 5.21. The molecule has 184 valence electrons. The second-order valence-electron chi connectivity index (χ2n) is 9.21. The van der Waals surface area contributed by atoms with E-state index in [1.807, 2.05) is 9.80 Å². The second-order valence-corrected chi connectivity index (χ2v) is 9.21. The quantitative estimate of drug-likeness (QED) is 0.514. The molecule has 35 heavy (non-hydrogen) atoms. The monoisotopic (exact) mass is 481 g/mol. The molecule has 2 aliphatic rings. The van der Waals surface area contributed by atoms with E-state index in [1.54, 1.807) is 0 Å². The van der Waals surface area contributed by atoms with Gasteiger partial charge in [-0.2, -0.15) is 0 Å². The number of likely N-dealkylation sites (tertiary alicyclic amines) is 1. The largest absolute Gasteiger partial charge is 0.448 e. The number of morpholine rings is 1. The van der Waals surface area contributed by atoms with E-state index in [9.17, 15) is 13.6 Å². The average Bonchev–Trinajstić information content (AvgIpc) is 3.38. The first-order chi connectivity index (χ1) is 17.0. The van der Waals surface area contributed by atoms with E-state index in [4.69, 9.17) is 9.15 Å². The molecule has 8 heteroatoms. The van der Waals surface area contributed by atoms with Crippen LogP contribution in [0.3, 0.4) is 0 Å². The highest BCUT2D eigenvalue weighted by Crippen LogP contribution is 2.37. The number of urea groups is 1. The summed E-state index contributed by atoms with van der Waals surface area (Å²) in [6, 6.07) is 11.9. The van der Waals surface area contributed by atoms with Gasteiger partial charge in [-0.15, -0.1) is 0 Å². The third-order valence-electron chi connectivity index (χ3n) is 6.94. The van der Waals surface area contributed by atoms with Crippen molar-refractivity contribution in [2.24, 2.45) is 0 Å². The van der Waals surface area contributed by atoms with Crippen LogP contribution in [0.5, 0.6) is 0 Å². The van der Waals surface area contributed by atoms with Crippen LogP contribution in [-0.2, 0) is 11.2 Å². The summed E-state index contributed by atoms with van der Waals surface area (Å²) in [5.41, 5.74) is 2.94. The maximum absolute atomic E-state index is 14.3. The molecule has 0 saturated carbocycles. The van der Waals surface area contributed by atoms with Crippen LogP contribution < -0.4 is 0 Å². The van der Waals surface area contributed by atoms with Crippen molar-refractivity contribution in [1.82, 2.24) is 14.8 Å². The number of piperidine rings is 1. The highest BCUT2D eigenvalue weighted by atomic mass is 19.1. The molecule has 2 fully saturated rings. The number of amides is 2. The minimum absolute atomic E-state index is 0.00969. The van der Waals surface area contributed by atoms with E-state index >= 15 is 0 Å². The Morgan fingerprint density at radius 2 is 1.77 bits per heavy atom. The number of ether oxygens (including phenoxy) is 1. The summed E-state index contributed by atoms with van der Waals surface area (Å²) in [5, 5.41) is 0. The van der Waals surface area contributed by atoms with Gasteiger partial charge < -0.3 is 19.0 Å². The molecular weight excluding hydrogens is 452 g/mol. The van der Waals surface area contributed by atoms with Gasteiger partial charge in [-0.1, -0.05) is 31.2 Å². The fourth-order valence-corrected chi connectivity index (χ4v) is 4.95. The fourth-order valence-electron chi connectivity index (χ4n) is 4.95. The highest BCUT2D eigenvalue weighted by Gasteiger charge is 2.36. The number of aromatic nitrogens is 1. The van der Waals surface area contributed by atoms with E-state index in [2.05, 4.69) is 36.2 Å². The summed E-state index contributed by atoms with van der Waals surface area (Å²) < 4.78 is 38.9. The summed E-state index contributed by atoms with van der Waals surface area (Å²) in [6.45, 7) is 5.42. The molecule has 0 spiro atoms. The van der Waals surface area contributed by atoms with E-state index < -0.39 is 11.6 Å². The van der Waals surface area contributed by atoms with E-state index in [-0.39, 0.29) is 23.4 Å². The molecule has 2 aliphatic heterocycles. The van der Waals surface area contributed by atoms with Gasteiger partial charge in [0, 0.05) is 43.7 Å². The number of halogens is 2. The first kappa shape index (κ1) is 23.5. The van der Waals surface area contributed by atoms with E-state index in [0.29, 0.717) is 51.0 Å². The molecular formula is C27H29F2N3O3. The lowest BCUT2D eigenvalue weighted by molar-refractivity contribution is 0.0393. The van der Waals surface area contributed by atoms with Gasteiger partial charge in [-0.25, -0.2) is 18.6 Å². The second kappa shape index (κ2) is 10.2. The van der Waals surface area contributed by atoms with Gasteiger partial charge in [0.05, 0.1) is 19.1 Å². The normalized spacial score (nSPS) is 20.8. The van der Waals surface area contributed by atoms with Crippen molar-refractivity contribution in [3.8, 4) is 11.3 Å². The number of aryl methyl sites for hydroxylation is 1. The van der Waals surface area contributed by atoms with Crippen molar-refractivity contribution in [1.29, 1.82) is 0 Å². The van der Waals surface area contributed by atoms with Crippen molar-refractivity contribution in [2.45, 2.75) is 31.6 Å². The van der Waals surface area contributed by atoms with Gasteiger partial charge in [0.25, 0.3) is 0 Å². The van der Waals surface area contributed by atoms with E-state index in [0.717, 1.165) is 18.9 Å². The standard InChI is InChI=1S/C27H29F2N3O3/c1-2-18-3-5-19(6-4-18)20-13-21(16-32(15-20)27(33)31-9-11-34-12-10-31)26-30-25(17-35-26)23-8-7-22(28)14-24(23)29/h3-8,14,17,20-21H,2,9-13,15-16H2,1H3. The van der Waals surface area contributed by atoms with Gasteiger partial charge in [0.2, 0.25) is 0 Å². The minimum atomic E-state index is -0.688. The molecule has 2 atom stereocenters. The number of carbonyl (C=O) groups excluding carboxylic acids is 1. The molecule has 2 aromatic carbocycles. The molecule has 6 nitrogen and oxygen atoms in total. The Hall–Kier alpha value is -3.26. The number of hydrogen-bond donors (Lipinski definition) is 0. The summed E-state index contributed by atoms with van der Waals surface area (Å²) in [7, 11) is 0. The molecule has 0 bridgehead atoms. The van der Waals surface area contributed by atoms with Crippen LogP contribution >= 0.6 is 0 Å². The molecule has 2 amide bonds. The minimum Gasteiger partial charge on any atom is -0.448 e. The number of carbonyl (C=O) groups is 1. The van der Waals surface area contributed by atoms with Gasteiger partial charge in [-0.3, -0.25) is 0 Å².